The number of carbonyl (C=O) groups is 1. The van der Waals surface area contributed by atoms with Crippen LogP contribution >= 0.6 is 0 Å². The maximum absolute atomic E-state index is 13.2. The van der Waals surface area contributed by atoms with Crippen LogP contribution in [0.15, 0.2) is 12.7 Å². The summed E-state index contributed by atoms with van der Waals surface area (Å²) in [7, 11) is 0. The molecular weight excluding hydrogens is 321 g/mol. The van der Waals surface area contributed by atoms with E-state index >= 15 is 0 Å². The minimum atomic E-state index is -5.98. The van der Waals surface area contributed by atoms with Crippen LogP contribution in [0.3, 0.4) is 0 Å². The van der Waals surface area contributed by atoms with Crippen LogP contribution < -0.4 is 0 Å². The van der Waals surface area contributed by atoms with Crippen molar-refractivity contribution in [3.63, 3.8) is 0 Å². The molecular formula is C13H17F7O2. The Morgan fingerprint density at radius 2 is 1.32 bits per heavy atom. The molecule has 0 aliphatic heterocycles. The van der Waals surface area contributed by atoms with Crippen molar-refractivity contribution in [1.82, 2.24) is 0 Å². The van der Waals surface area contributed by atoms with Crippen molar-refractivity contribution in [2.24, 2.45) is 0 Å². The first-order chi connectivity index (χ1) is 9.95. The Hall–Kier alpha value is -1.28. The monoisotopic (exact) mass is 338 g/mol. The third-order valence-corrected chi connectivity index (χ3v) is 2.98. The molecule has 0 aromatic rings. The van der Waals surface area contributed by atoms with E-state index in [0.29, 0.717) is 19.3 Å². The van der Waals surface area contributed by atoms with Crippen LogP contribution in [0.5, 0.6) is 0 Å². The van der Waals surface area contributed by atoms with Gasteiger partial charge in [-0.05, 0) is 19.3 Å². The van der Waals surface area contributed by atoms with Gasteiger partial charge >= 0.3 is 18.3 Å². The van der Waals surface area contributed by atoms with E-state index in [9.17, 15) is 35.5 Å². The second-order valence-electron chi connectivity index (χ2n) is 4.69. The smallest absolute Gasteiger partial charge is 0.431 e. The molecule has 0 aliphatic carbocycles. The number of halogens is 7. The molecule has 0 bridgehead atoms. The molecule has 0 radical (unpaired) electrons. The lowest BCUT2D eigenvalue weighted by Gasteiger charge is -2.29. The summed E-state index contributed by atoms with van der Waals surface area (Å²) in [6.45, 7) is 3.26. The summed E-state index contributed by atoms with van der Waals surface area (Å²) in [5.74, 6) is -0.613. The van der Waals surface area contributed by atoms with Crippen LogP contribution in [-0.4, -0.2) is 30.6 Å². The first kappa shape index (κ1) is 20.7. The third kappa shape index (κ3) is 6.23. The fourth-order valence-electron chi connectivity index (χ4n) is 1.68. The topological polar surface area (TPSA) is 26.3 Å². The van der Waals surface area contributed by atoms with Gasteiger partial charge in [0.1, 0.15) is 0 Å². The van der Waals surface area contributed by atoms with Crippen molar-refractivity contribution in [3.05, 3.63) is 12.7 Å². The molecule has 0 heterocycles. The van der Waals surface area contributed by atoms with Crippen molar-refractivity contribution in [2.45, 2.75) is 56.5 Å². The van der Waals surface area contributed by atoms with Gasteiger partial charge in [0.05, 0.1) is 6.61 Å². The normalized spacial score (nSPS) is 13.0. The summed E-state index contributed by atoms with van der Waals surface area (Å²) >= 11 is 0. The van der Waals surface area contributed by atoms with E-state index in [1.165, 1.54) is 0 Å². The van der Waals surface area contributed by atoms with Gasteiger partial charge in [-0.1, -0.05) is 25.8 Å². The van der Waals surface area contributed by atoms with Gasteiger partial charge in [-0.15, -0.1) is 0 Å². The molecule has 2 nitrogen and oxygen atoms in total. The Balaban J connectivity index is 4.03. The van der Waals surface area contributed by atoms with E-state index < -0.39 is 36.8 Å². The van der Waals surface area contributed by atoms with E-state index in [4.69, 9.17) is 0 Å². The summed E-state index contributed by atoms with van der Waals surface area (Å²) in [5, 5.41) is 0. The van der Waals surface area contributed by atoms with Gasteiger partial charge in [0.15, 0.2) is 0 Å². The van der Waals surface area contributed by atoms with E-state index in [1.54, 1.807) is 0 Å². The molecule has 0 saturated carbocycles. The predicted molar refractivity (Wildman–Crippen MR) is 64.8 cm³/mol. The second-order valence-corrected chi connectivity index (χ2v) is 4.69. The van der Waals surface area contributed by atoms with Crippen molar-refractivity contribution < 1.29 is 40.3 Å². The Morgan fingerprint density at radius 1 is 0.864 bits per heavy atom. The van der Waals surface area contributed by atoms with Gasteiger partial charge < -0.3 is 4.74 Å². The molecule has 0 N–H and O–H groups in total. The molecule has 130 valence electrons. The van der Waals surface area contributed by atoms with Crippen LogP contribution in [0, 0.1) is 0 Å². The van der Waals surface area contributed by atoms with Crippen LogP contribution in [-0.2, 0) is 9.53 Å². The zero-order valence-corrected chi connectivity index (χ0v) is 11.7. The van der Waals surface area contributed by atoms with Crippen LogP contribution in [0.1, 0.15) is 38.5 Å². The molecule has 0 aromatic heterocycles. The number of hydrogen-bond donors (Lipinski definition) is 0. The molecule has 0 rings (SSSR count). The molecule has 0 fully saturated rings. The van der Waals surface area contributed by atoms with Crippen molar-refractivity contribution >= 4 is 5.97 Å². The average Bonchev–Trinajstić information content (AvgIpc) is 2.38. The molecule has 0 aliphatic rings. The van der Waals surface area contributed by atoms with Crippen molar-refractivity contribution in [1.29, 1.82) is 0 Å². The SMILES string of the molecule is C=CC(=O)OCCCCCCCC(F)(C(F)(F)F)C(F)(F)F. The molecule has 0 aromatic carbocycles. The standard InChI is InChI=1S/C13H17F7O2/c1-2-10(21)22-9-7-5-3-4-6-8-11(14,12(15,16)17)13(18,19)20/h2H,1,3-9H2. The van der Waals surface area contributed by atoms with Gasteiger partial charge in [-0.3, -0.25) is 0 Å². The maximum Gasteiger partial charge on any atom is 0.431 e. The third-order valence-electron chi connectivity index (χ3n) is 2.98. The number of unbranched alkanes of at least 4 members (excludes halogenated alkanes) is 4. The summed E-state index contributed by atoms with van der Waals surface area (Å²) in [5.41, 5.74) is -5.17. The number of rotatable bonds is 9. The van der Waals surface area contributed by atoms with E-state index in [2.05, 4.69) is 11.3 Å². The van der Waals surface area contributed by atoms with Gasteiger partial charge in [0, 0.05) is 6.08 Å². The number of carbonyl (C=O) groups excluding carboxylic acids is 1. The van der Waals surface area contributed by atoms with Crippen LogP contribution in [0.2, 0.25) is 0 Å². The fraction of sp³-hybridized carbons (Fsp3) is 0.769. The largest absolute Gasteiger partial charge is 0.463 e. The van der Waals surface area contributed by atoms with E-state index in [-0.39, 0.29) is 13.0 Å². The zero-order valence-electron chi connectivity index (χ0n) is 11.7. The first-order valence-electron chi connectivity index (χ1n) is 6.57. The van der Waals surface area contributed by atoms with Crippen LogP contribution in [0.25, 0.3) is 0 Å². The lowest BCUT2D eigenvalue weighted by atomic mass is 9.96. The average molecular weight is 338 g/mol. The molecule has 9 heteroatoms. The number of ether oxygens (including phenoxy) is 1. The minimum Gasteiger partial charge on any atom is -0.463 e. The summed E-state index contributed by atoms with van der Waals surface area (Å²) in [6, 6.07) is 0. The molecule has 0 unspecified atom stereocenters. The molecule has 0 amide bonds. The highest BCUT2D eigenvalue weighted by Crippen LogP contribution is 2.49. The Bertz CT molecular complexity index is 346. The lowest BCUT2D eigenvalue weighted by molar-refractivity contribution is -0.343. The van der Waals surface area contributed by atoms with Gasteiger partial charge in [-0.25, -0.2) is 9.18 Å². The summed E-state index contributed by atoms with van der Waals surface area (Å²) in [6.07, 6.45) is -12.0. The van der Waals surface area contributed by atoms with Crippen molar-refractivity contribution in [3.8, 4) is 0 Å². The highest BCUT2D eigenvalue weighted by Gasteiger charge is 2.71. The van der Waals surface area contributed by atoms with E-state index in [0.717, 1.165) is 6.08 Å². The number of hydrogen-bond acceptors (Lipinski definition) is 2. The van der Waals surface area contributed by atoms with Gasteiger partial charge in [0.2, 0.25) is 0 Å². The summed E-state index contributed by atoms with van der Waals surface area (Å²) in [4.78, 5) is 10.7. The number of alkyl halides is 7. The Kier molecular flexibility index (Phi) is 7.89. The minimum absolute atomic E-state index is 0.0211. The Morgan fingerprint density at radius 3 is 1.77 bits per heavy atom. The second kappa shape index (κ2) is 8.38. The predicted octanol–water partition coefficient (Wildman–Crippen LogP) is 4.89. The Labute approximate surface area is 123 Å². The molecule has 0 saturated heterocycles. The zero-order chi connectivity index (χ0) is 17.4. The lowest BCUT2D eigenvalue weighted by Crippen LogP contribution is -2.53. The highest BCUT2D eigenvalue weighted by molar-refractivity contribution is 5.81. The maximum atomic E-state index is 13.2. The van der Waals surface area contributed by atoms with E-state index in [1.807, 2.05) is 0 Å². The van der Waals surface area contributed by atoms with Gasteiger partial charge in [-0.2, -0.15) is 26.3 Å². The van der Waals surface area contributed by atoms with Crippen LogP contribution in [0.4, 0.5) is 30.7 Å². The molecule has 0 atom stereocenters. The summed E-state index contributed by atoms with van der Waals surface area (Å²) < 4.78 is 91.3. The van der Waals surface area contributed by atoms with Gasteiger partial charge in [0.25, 0.3) is 5.67 Å². The highest BCUT2D eigenvalue weighted by atomic mass is 19.4. The molecule has 0 spiro atoms. The first-order valence-corrected chi connectivity index (χ1v) is 6.57. The fourth-order valence-corrected chi connectivity index (χ4v) is 1.68. The number of esters is 1. The quantitative estimate of drug-likeness (QED) is 0.259. The molecule has 22 heavy (non-hydrogen) atoms. The van der Waals surface area contributed by atoms with Crippen molar-refractivity contribution in [2.75, 3.05) is 6.61 Å².